The molecule has 5 nitrogen and oxygen atoms in total. The normalized spacial score (nSPS) is 16.2. The number of aryl methyl sites for hydroxylation is 1. The zero-order valence-electron chi connectivity index (χ0n) is 20.1. The summed E-state index contributed by atoms with van der Waals surface area (Å²) in [7, 11) is 0. The second-order valence-electron chi connectivity index (χ2n) is 9.31. The highest BCUT2D eigenvalue weighted by atomic mass is 19.1. The van der Waals surface area contributed by atoms with Crippen LogP contribution in [-0.4, -0.2) is 29.3 Å². The molecule has 0 radical (unpaired) electrons. The second-order valence-corrected chi connectivity index (χ2v) is 9.31. The average molecular weight is 494 g/mol. The zero-order valence-corrected chi connectivity index (χ0v) is 20.1. The van der Waals surface area contributed by atoms with E-state index in [2.05, 4.69) is 4.90 Å². The summed E-state index contributed by atoms with van der Waals surface area (Å²) in [6, 6.07) is 18.6. The predicted octanol–water partition coefficient (Wildman–Crippen LogP) is 5.92. The van der Waals surface area contributed by atoms with Crippen molar-refractivity contribution >= 4 is 0 Å². The van der Waals surface area contributed by atoms with E-state index in [-0.39, 0.29) is 23.0 Å². The molecule has 1 fully saturated rings. The fourth-order valence-electron chi connectivity index (χ4n) is 4.81. The van der Waals surface area contributed by atoms with Crippen LogP contribution in [0.5, 0.6) is 0 Å². The number of aliphatic hydroxyl groups is 1. The maximum atomic E-state index is 14.1. The fraction of sp³-hybridized carbons (Fsp3) is 0.310. The molecule has 3 heterocycles. The maximum absolute atomic E-state index is 14.1. The van der Waals surface area contributed by atoms with Crippen LogP contribution >= 0.6 is 0 Å². The van der Waals surface area contributed by atoms with Gasteiger partial charge < -0.3 is 18.7 Å². The van der Waals surface area contributed by atoms with Crippen LogP contribution in [0.1, 0.15) is 47.0 Å². The van der Waals surface area contributed by atoms with Crippen molar-refractivity contribution in [3.63, 3.8) is 0 Å². The van der Waals surface area contributed by atoms with Crippen LogP contribution in [0.2, 0.25) is 0 Å². The lowest BCUT2D eigenvalue weighted by Gasteiger charge is -2.28. The van der Waals surface area contributed by atoms with Crippen molar-refractivity contribution < 1.29 is 27.5 Å². The Morgan fingerprint density at radius 2 is 1.53 bits per heavy atom. The summed E-state index contributed by atoms with van der Waals surface area (Å²) < 4.78 is 46.1. The Morgan fingerprint density at radius 3 is 2.08 bits per heavy atom. The van der Waals surface area contributed by atoms with Gasteiger partial charge in [-0.3, -0.25) is 4.90 Å². The Morgan fingerprint density at radius 1 is 0.889 bits per heavy atom. The van der Waals surface area contributed by atoms with E-state index in [0.717, 1.165) is 31.0 Å². The van der Waals surface area contributed by atoms with Gasteiger partial charge in [-0.05, 0) is 79.4 Å². The minimum absolute atomic E-state index is 0.131. The molecular formula is C29H29F2NO4. The third-order valence-corrected chi connectivity index (χ3v) is 6.54. The summed E-state index contributed by atoms with van der Waals surface area (Å²) in [5.41, 5.74) is -1.38. The van der Waals surface area contributed by atoms with E-state index in [4.69, 9.17) is 13.6 Å². The molecule has 0 saturated carbocycles. The molecule has 0 bridgehead atoms. The first-order valence-electron chi connectivity index (χ1n) is 12.1. The van der Waals surface area contributed by atoms with Crippen LogP contribution in [0.4, 0.5) is 8.78 Å². The molecule has 4 aromatic rings. The van der Waals surface area contributed by atoms with Gasteiger partial charge in [0.05, 0.1) is 19.2 Å². The molecule has 1 aliphatic heterocycles. The molecule has 0 amide bonds. The SMILES string of the molecule is Cc1ccc(CN(Cc2ccc(C(O)(c3cccc(F)c3)c3cccc(F)c3)o2)C[C@H]2CCCO2)o1. The first kappa shape index (κ1) is 24.4. The van der Waals surface area contributed by atoms with Crippen molar-refractivity contribution in [1.29, 1.82) is 0 Å². The molecule has 1 saturated heterocycles. The summed E-state index contributed by atoms with van der Waals surface area (Å²) in [6.07, 6.45) is 2.17. The van der Waals surface area contributed by atoms with Crippen molar-refractivity contribution in [3.05, 3.63) is 119 Å². The number of hydrogen-bond acceptors (Lipinski definition) is 5. The number of furan rings is 2. The fourth-order valence-corrected chi connectivity index (χ4v) is 4.81. The zero-order chi connectivity index (χ0) is 25.1. The molecule has 0 spiro atoms. The summed E-state index contributed by atoms with van der Waals surface area (Å²) in [5.74, 6) is 1.46. The molecule has 188 valence electrons. The number of halogens is 2. The lowest BCUT2D eigenvalue weighted by molar-refractivity contribution is 0.0604. The molecule has 1 aliphatic rings. The number of ether oxygens (including phenoxy) is 1. The van der Waals surface area contributed by atoms with Gasteiger partial charge in [0.2, 0.25) is 0 Å². The first-order valence-corrected chi connectivity index (χ1v) is 12.1. The molecule has 2 aromatic carbocycles. The van der Waals surface area contributed by atoms with E-state index in [0.29, 0.717) is 25.4 Å². The summed E-state index contributed by atoms with van der Waals surface area (Å²) >= 11 is 0. The standard InChI is InChI=1S/C29H29F2NO4/c1-20-10-11-26(35-20)18-32(17-25-9-4-14-34-25)19-27-12-13-28(36-27)29(33,21-5-2-7-23(30)15-21)22-6-3-8-24(31)16-22/h2-3,5-8,10-13,15-16,25,33H,4,9,14,17-19H2,1H3/t25-/m1/s1. The lowest BCUT2D eigenvalue weighted by atomic mass is 9.84. The maximum Gasteiger partial charge on any atom is 0.173 e. The van der Waals surface area contributed by atoms with E-state index in [1.165, 1.54) is 36.4 Å². The first-order chi connectivity index (χ1) is 17.4. The highest BCUT2D eigenvalue weighted by Gasteiger charge is 2.38. The van der Waals surface area contributed by atoms with Gasteiger partial charge in [0.1, 0.15) is 34.7 Å². The largest absolute Gasteiger partial charge is 0.465 e. The molecule has 36 heavy (non-hydrogen) atoms. The molecule has 0 unspecified atom stereocenters. The molecule has 2 aromatic heterocycles. The van der Waals surface area contributed by atoms with Crippen LogP contribution in [-0.2, 0) is 23.4 Å². The van der Waals surface area contributed by atoms with E-state index in [1.807, 2.05) is 19.1 Å². The molecule has 1 N–H and O–H groups in total. The second kappa shape index (κ2) is 10.4. The van der Waals surface area contributed by atoms with Crippen LogP contribution < -0.4 is 0 Å². The quantitative estimate of drug-likeness (QED) is 0.313. The van der Waals surface area contributed by atoms with Crippen molar-refractivity contribution in [2.45, 2.75) is 44.6 Å². The van der Waals surface area contributed by atoms with Gasteiger partial charge in [-0.2, -0.15) is 0 Å². The van der Waals surface area contributed by atoms with Crippen molar-refractivity contribution in [1.82, 2.24) is 4.90 Å². The highest BCUT2D eigenvalue weighted by Crippen LogP contribution is 2.38. The Balaban J connectivity index is 1.46. The van der Waals surface area contributed by atoms with Crippen LogP contribution in [0.15, 0.2) is 81.6 Å². The van der Waals surface area contributed by atoms with E-state index < -0.39 is 17.2 Å². The minimum Gasteiger partial charge on any atom is -0.465 e. The Kier molecular flexibility index (Phi) is 7.05. The molecule has 1 atom stereocenters. The summed E-state index contributed by atoms with van der Waals surface area (Å²) in [6.45, 7) is 4.39. The number of nitrogens with zero attached hydrogens (tertiary/aromatic N) is 1. The summed E-state index contributed by atoms with van der Waals surface area (Å²) in [4.78, 5) is 2.18. The number of benzene rings is 2. The van der Waals surface area contributed by atoms with E-state index >= 15 is 0 Å². The number of hydrogen-bond donors (Lipinski definition) is 1. The molecule has 5 rings (SSSR count). The van der Waals surface area contributed by atoms with Crippen molar-refractivity contribution in [2.75, 3.05) is 13.2 Å². The van der Waals surface area contributed by atoms with Gasteiger partial charge in [0.25, 0.3) is 0 Å². The van der Waals surface area contributed by atoms with Gasteiger partial charge in [0.15, 0.2) is 5.60 Å². The van der Waals surface area contributed by atoms with E-state index in [9.17, 15) is 13.9 Å². The van der Waals surface area contributed by atoms with Crippen LogP contribution in [0.25, 0.3) is 0 Å². The third-order valence-electron chi connectivity index (χ3n) is 6.54. The van der Waals surface area contributed by atoms with Gasteiger partial charge >= 0.3 is 0 Å². The van der Waals surface area contributed by atoms with E-state index in [1.54, 1.807) is 24.3 Å². The van der Waals surface area contributed by atoms with Gasteiger partial charge in [-0.25, -0.2) is 8.78 Å². The highest BCUT2D eigenvalue weighted by molar-refractivity contribution is 5.44. The molecular weight excluding hydrogens is 464 g/mol. The monoisotopic (exact) mass is 493 g/mol. The Hall–Kier alpha value is -3.26. The smallest absolute Gasteiger partial charge is 0.173 e. The summed E-state index contributed by atoms with van der Waals surface area (Å²) in [5, 5.41) is 11.9. The van der Waals surface area contributed by atoms with Crippen LogP contribution in [0, 0.1) is 18.6 Å². The molecule has 7 heteroatoms. The minimum atomic E-state index is -1.88. The Labute approximate surface area is 208 Å². The van der Waals surface area contributed by atoms with Gasteiger partial charge in [0, 0.05) is 13.2 Å². The average Bonchev–Trinajstić information content (AvgIpc) is 3.62. The van der Waals surface area contributed by atoms with Crippen molar-refractivity contribution in [3.8, 4) is 0 Å². The third kappa shape index (κ3) is 5.28. The van der Waals surface area contributed by atoms with Gasteiger partial charge in [-0.1, -0.05) is 24.3 Å². The lowest BCUT2D eigenvalue weighted by Crippen LogP contribution is -2.31. The van der Waals surface area contributed by atoms with Crippen LogP contribution in [0.3, 0.4) is 0 Å². The van der Waals surface area contributed by atoms with Gasteiger partial charge in [-0.15, -0.1) is 0 Å². The Bertz CT molecular complexity index is 1260. The number of rotatable bonds is 9. The van der Waals surface area contributed by atoms with Crippen molar-refractivity contribution in [2.24, 2.45) is 0 Å². The topological polar surface area (TPSA) is 59.0 Å². The molecule has 0 aliphatic carbocycles. The predicted molar refractivity (Wildman–Crippen MR) is 130 cm³/mol.